The van der Waals surface area contributed by atoms with Crippen molar-refractivity contribution in [3.8, 4) is 5.75 Å². The first-order valence-electron chi connectivity index (χ1n) is 5.21. The van der Waals surface area contributed by atoms with Crippen LogP contribution in [0.25, 0.3) is 0 Å². The summed E-state index contributed by atoms with van der Waals surface area (Å²) in [5.41, 5.74) is -0.0983. The molecular formula is C12H14F2O2. The molecule has 2 rings (SSSR count). The fourth-order valence-electron chi connectivity index (χ4n) is 2.09. The molecule has 1 aliphatic rings. The molecule has 0 bridgehead atoms. The molecule has 1 aliphatic carbocycles. The van der Waals surface area contributed by atoms with Crippen LogP contribution in [-0.4, -0.2) is 24.2 Å². The van der Waals surface area contributed by atoms with Gasteiger partial charge in [-0.05, 0) is 36.1 Å². The summed E-state index contributed by atoms with van der Waals surface area (Å²) in [5.74, 6) is 0.636. The van der Waals surface area contributed by atoms with Crippen molar-refractivity contribution in [1.82, 2.24) is 0 Å². The quantitative estimate of drug-likeness (QED) is 0.840. The van der Waals surface area contributed by atoms with E-state index in [1.54, 1.807) is 6.07 Å². The zero-order valence-electron chi connectivity index (χ0n) is 9.04. The Morgan fingerprint density at radius 3 is 2.75 bits per heavy atom. The molecule has 0 radical (unpaired) electrons. The zero-order valence-corrected chi connectivity index (χ0v) is 9.04. The van der Waals surface area contributed by atoms with E-state index in [9.17, 15) is 13.9 Å². The Kier molecular flexibility index (Phi) is 2.84. The normalized spacial score (nSPS) is 24.3. The van der Waals surface area contributed by atoms with E-state index in [-0.39, 0.29) is 12.8 Å². The highest BCUT2D eigenvalue weighted by molar-refractivity contribution is 5.38. The number of methoxy groups -OCH3 is 1. The number of alkyl halides is 2. The predicted octanol–water partition coefficient (Wildman–Crippen LogP) is 2.18. The topological polar surface area (TPSA) is 29.5 Å². The van der Waals surface area contributed by atoms with Crippen molar-refractivity contribution >= 4 is 0 Å². The van der Waals surface area contributed by atoms with Crippen LogP contribution in [-0.2, 0) is 12.8 Å². The van der Waals surface area contributed by atoms with E-state index in [2.05, 4.69) is 0 Å². The molecule has 2 nitrogen and oxygen atoms in total. The maximum Gasteiger partial charge on any atom is 0.267 e. The SMILES string of the molecule is COc1ccc2c(c1)CC(O)(C(F)F)CC2. The van der Waals surface area contributed by atoms with Crippen molar-refractivity contribution in [1.29, 1.82) is 0 Å². The number of halogens is 2. The van der Waals surface area contributed by atoms with Gasteiger partial charge in [-0.25, -0.2) is 8.78 Å². The van der Waals surface area contributed by atoms with Crippen molar-refractivity contribution in [3.05, 3.63) is 29.3 Å². The van der Waals surface area contributed by atoms with Gasteiger partial charge in [0.2, 0.25) is 0 Å². The Morgan fingerprint density at radius 1 is 1.38 bits per heavy atom. The number of rotatable bonds is 2. The minimum absolute atomic E-state index is 0.00278. The van der Waals surface area contributed by atoms with Crippen molar-refractivity contribution in [3.63, 3.8) is 0 Å². The Balaban J connectivity index is 2.31. The van der Waals surface area contributed by atoms with Crippen molar-refractivity contribution in [2.45, 2.75) is 31.3 Å². The van der Waals surface area contributed by atoms with Gasteiger partial charge < -0.3 is 9.84 Å². The van der Waals surface area contributed by atoms with Crippen LogP contribution in [0.5, 0.6) is 5.75 Å². The van der Waals surface area contributed by atoms with E-state index >= 15 is 0 Å². The summed E-state index contributed by atoms with van der Waals surface area (Å²) in [4.78, 5) is 0. The lowest BCUT2D eigenvalue weighted by molar-refractivity contribution is -0.103. The summed E-state index contributed by atoms with van der Waals surface area (Å²) < 4.78 is 30.4. The maximum atomic E-state index is 12.7. The zero-order chi connectivity index (χ0) is 11.8. The van der Waals surface area contributed by atoms with E-state index in [4.69, 9.17) is 4.74 Å². The molecule has 0 spiro atoms. The van der Waals surface area contributed by atoms with E-state index in [0.717, 1.165) is 11.1 Å². The Morgan fingerprint density at radius 2 is 2.12 bits per heavy atom. The highest BCUT2D eigenvalue weighted by atomic mass is 19.3. The molecule has 0 saturated carbocycles. The molecule has 0 aliphatic heterocycles. The van der Waals surface area contributed by atoms with E-state index in [0.29, 0.717) is 12.2 Å². The second-order valence-corrected chi connectivity index (χ2v) is 4.22. The van der Waals surface area contributed by atoms with Crippen molar-refractivity contribution in [2.24, 2.45) is 0 Å². The minimum atomic E-state index is -2.70. The van der Waals surface area contributed by atoms with Gasteiger partial charge in [0.1, 0.15) is 11.4 Å². The van der Waals surface area contributed by atoms with Crippen LogP contribution in [0.2, 0.25) is 0 Å². The largest absolute Gasteiger partial charge is 0.497 e. The molecule has 88 valence electrons. The number of ether oxygens (including phenoxy) is 1. The summed E-state index contributed by atoms with van der Waals surface area (Å²) in [6.07, 6.45) is -2.10. The average Bonchev–Trinajstić information content (AvgIpc) is 2.27. The number of hydrogen-bond acceptors (Lipinski definition) is 2. The molecule has 0 amide bonds. The summed E-state index contributed by atoms with van der Waals surface area (Å²) in [5, 5.41) is 9.77. The van der Waals surface area contributed by atoms with Crippen LogP contribution < -0.4 is 4.74 Å². The fourth-order valence-corrected chi connectivity index (χ4v) is 2.09. The summed E-state index contributed by atoms with van der Waals surface area (Å²) in [6, 6.07) is 5.41. The molecule has 0 heterocycles. The highest BCUT2D eigenvalue weighted by Gasteiger charge is 2.40. The van der Waals surface area contributed by atoms with E-state index < -0.39 is 12.0 Å². The van der Waals surface area contributed by atoms with Crippen molar-refractivity contribution < 1.29 is 18.6 Å². The molecule has 0 aromatic heterocycles. The average molecular weight is 228 g/mol. The van der Waals surface area contributed by atoms with Crippen LogP contribution in [0.1, 0.15) is 17.5 Å². The molecule has 0 fully saturated rings. The first-order chi connectivity index (χ1) is 7.55. The minimum Gasteiger partial charge on any atom is -0.497 e. The molecule has 16 heavy (non-hydrogen) atoms. The van der Waals surface area contributed by atoms with E-state index in [1.165, 1.54) is 7.11 Å². The van der Waals surface area contributed by atoms with Crippen LogP contribution in [0.15, 0.2) is 18.2 Å². The predicted molar refractivity (Wildman–Crippen MR) is 56.0 cm³/mol. The monoisotopic (exact) mass is 228 g/mol. The Bertz CT molecular complexity index is 393. The fraction of sp³-hybridized carbons (Fsp3) is 0.500. The maximum absolute atomic E-state index is 12.7. The Labute approximate surface area is 92.9 Å². The van der Waals surface area contributed by atoms with Gasteiger partial charge in [0.15, 0.2) is 0 Å². The Hall–Kier alpha value is -1.16. The third-order valence-corrected chi connectivity index (χ3v) is 3.14. The lowest BCUT2D eigenvalue weighted by Crippen LogP contribution is -2.42. The number of aliphatic hydroxyl groups is 1. The standard InChI is InChI=1S/C12H14F2O2/c1-16-10-3-2-8-4-5-12(15,11(13)14)7-9(8)6-10/h2-3,6,11,15H,4-5,7H2,1H3. The van der Waals surface area contributed by atoms with Crippen LogP contribution >= 0.6 is 0 Å². The van der Waals surface area contributed by atoms with Crippen LogP contribution in [0.4, 0.5) is 8.78 Å². The van der Waals surface area contributed by atoms with Crippen LogP contribution in [0, 0.1) is 0 Å². The smallest absolute Gasteiger partial charge is 0.267 e. The van der Waals surface area contributed by atoms with Gasteiger partial charge in [-0.2, -0.15) is 0 Å². The lowest BCUT2D eigenvalue weighted by Gasteiger charge is -2.32. The third-order valence-electron chi connectivity index (χ3n) is 3.14. The number of fused-ring (bicyclic) bond motifs is 1. The molecule has 1 N–H and O–H groups in total. The molecule has 1 aromatic rings. The molecule has 1 unspecified atom stereocenters. The molecule has 0 saturated heterocycles. The number of aryl methyl sites for hydroxylation is 1. The van der Waals surface area contributed by atoms with Gasteiger partial charge in [-0.3, -0.25) is 0 Å². The van der Waals surface area contributed by atoms with Gasteiger partial charge >= 0.3 is 0 Å². The van der Waals surface area contributed by atoms with Crippen molar-refractivity contribution in [2.75, 3.05) is 7.11 Å². The molecular weight excluding hydrogens is 214 g/mol. The molecule has 1 atom stereocenters. The number of hydrogen-bond donors (Lipinski definition) is 1. The van der Waals surface area contributed by atoms with Gasteiger partial charge in [-0.15, -0.1) is 0 Å². The third kappa shape index (κ3) is 1.89. The number of benzene rings is 1. The van der Waals surface area contributed by atoms with E-state index in [1.807, 2.05) is 12.1 Å². The second kappa shape index (κ2) is 4.01. The van der Waals surface area contributed by atoms with Gasteiger partial charge in [0.05, 0.1) is 7.11 Å². The summed E-state index contributed by atoms with van der Waals surface area (Å²) in [7, 11) is 1.53. The lowest BCUT2D eigenvalue weighted by atomic mass is 9.80. The molecule has 1 aromatic carbocycles. The van der Waals surface area contributed by atoms with Gasteiger partial charge in [0, 0.05) is 6.42 Å². The first kappa shape index (κ1) is 11.3. The van der Waals surface area contributed by atoms with Gasteiger partial charge in [0.25, 0.3) is 6.43 Å². The summed E-state index contributed by atoms with van der Waals surface area (Å²) in [6.45, 7) is 0. The summed E-state index contributed by atoms with van der Waals surface area (Å²) >= 11 is 0. The van der Waals surface area contributed by atoms with Gasteiger partial charge in [-0.1, -0.05) is 6.07 Å². The highest BCUT2D eigenvalue weighted by Crippen LogP contribution is 2.34. The second-order valence-electron chi connectivity index (χ2n) is 4.22. The van der Waals surface area contributed by atoms with Crippen LogP contribution in [0.3, 0.4) is 0 Å². The molecule has 4 heteroatoms. The first-order valence-corrected chi connectivity index (χ1v) is 5.21.